The first-order chi connectivity index (χ1) is 40.5. The zero-order valence-corrected chi connectivity index (χ0v) is 50.6. The molecule has 1 unspecified atom stereocenters. The molecule has 0 bridgehead atoms. The lowest BCUT2D eigenvalue weighted by molar-refractivity contribution is -0.116. The molecule has 0 spiro atoms. The summed E-state index contributed by atoms with van der Waals surface area (Å²) in [5.41, 5.74) is 2.00. The van der Waals surface area contributed by atoms with Crippen LogP contribution in [-0.4, -0.2) is 107 Å². The van der Waals surface area contributed by atoms with E-state index in [1.54, 1.807) is 26.4 Å². The van der Waals surface area contributed by atoms with E-state index in [4.69, 9.17) is 28.0 Å². The quantitative estimate of drug-likeness (QED) is 0.0121. The lowest BCUT2D eigenvalue weighted by Gasteiger charge is -2.39. The number of aromatic amines is 1. The van der Waals surface area contributed by atoms with Crippen molar-refractivity contribution in [3.05, 3.63) is 183 Å². The van der Waals surface area contributed by atoms with Crippen LogP contribution in [0.5, 0.6) is 11.5 Å². The van der Waals surface area contributed by atoms with Crippen molar-refractivity contribution in [1.82, 2.24) is 24.3 Å². The number of nitrogens with zero attached hydrogens (tertiary/aromatic N) is 6. The van der Waals surface area contributed by atoms with E-state index in [1.165, 1.54) is 35.0 Å². The van der Waals surface area contributed by atoms with Gasteiger partial charge in [-0.25, -0.2) is 22.6 Å². The number of H-pyrrole nitrogens is 1. The molecule has 2 heterocycles. The lowest BCUT2D eigenvalue weighted by Crippen LogP contribution is -2.39. The number of carbonyl (C=O) groups is 1. The van der Waals surface area contributed by atoms with Gasteiger partial charge in [0.2, 0.25) is 15.9 Å². The molecule has 7 rings (SSSR count). The maximum atomic E-state index is 13.8. The minimum atomic E-state index is -3.74. The summed E-state index contributed by atoms with van der Waals surface area (Å²) < 4.78 is 70.6. The number of rotatable bonds is 31. The van der Waals surface area contributed by atoms with E-state index in [2.05, 4.69) is 36.0 Å². The normalized spacial score (nSPS) is 16.0. The van der Waals surface area contributed by atoms with Crippen molar-refractivity contribution < 1.29 is 41.2 Å². The Balaban J connectivity index is 1.01. The average Bonchev–Trinajstić information content (AvgIpc) is 3.33. The number of ether oxygens (including phenoxy) is 4. The van der Waals surface area contributed by atoms with Crippen molar-refractivity contribution in [3.8, 4) is 17.6 Å². The third-order valence-corrected chi connectivity index (χ3v) is 17.5. The number of benzene rings is 5. The van der Waals surface area contributed by atoms with E-state index < -0.39 is 59.7 Å². The zero-order valence-electron chi connectivity index (χ0n) is 48.8. The van der Waals surface area contributed by atoms with Crippen LogP contribution in [-0.2, 0) is 38.9 Å². The second kappa shape index (κ2) is 31.0. The molecule has 1 aromatic heterocycles. The van der Waals surface area contributed by atoms with Gasteiger partial charge in [0.25, 0.3) is 14.1 Å². The molecule has 3 N–H and O–H groups in total. The number of sulfonamides is 1. The van der Waals surface area contributed by atoms with Gasteiger partial charge in [0.1, 0.15) is 29.4 Å². The van der Waals surface area contributed by atoms with Crippen molar-refractivity contribution in [2.45, 2.75) is 107 Å². The van der Waals surface area contributed by atoms with Gasteiger partial charge >= 0.3 is 5.69 Å². The number of hydrogen-bond acceptors (Lipinski definition) is 16. The minimum absolute atomic E-state index is 0.0173. The maximum Gasteiger partial charge on any atom is 0.330 e. The monoisotopic (exact) mass is 1190 g/mol. The van der Waals surface area contributed by atoms with E-state index >= 15 is 0 Å². The van der Waals surface area contributed by atoms with Gasteiger partial charge in [-0.3, -0.25) is 19.1 Å². The topological polar surface area (TPSA) is 240 Å². The van der Waals surface area contributed by atoms with E-state index in [-0.39, 0.29) is 55.1 Å². The first kappa shape index (κ1) is 64.2. The number of aromatic nitrogens is 2. The van der Waals surface area contributed by atoms with E-state index in [1.807, 2.05) is 150 Å². The summed E-state index contributed by atoms with van der Waals surface area (Å²) in [5.74, 6) is 0.866. The van der Waals surface area contributed by atoms with Crippen LogP contribution in [0.4, 0.5) is 17.1 Å². The third kappa shape index (κ3) is 17.1. The first-order valence-electron chi connectivity index (χ1n) is 28.0. The van der Waals surface area contributed by atoms with Crippen LogP contribution in [0.3, 0.4) is 0 Å². The standard InChI is InChI=1S/C62H76N9O11PS/c1-44(2)71(45(3)4)83(80-40-16-37-63)82-56-41-59(81-57(56)43-79-62(47-17-12-11-13-18-47,48-20-30-53(77-7)31-21-48)49-22-32-54(78-8)33-23-49)70-42-46(60(73)66-61(70)74)19-36-58(72)64-38-14-9-10-15-39-65-84(75,76)55-34-26-51(27-35-55)68-67-50-24-28-52(29-25-50)69(5)6/h11-13,17-36,42,44-45,56-57,59,65H,9-10,14-16,38-41,43H2,1-8H3,(H,64,72)(H,66,73,74)/b36-19+,68-67?/t56-,57+,59+,83?/m0/s1. The van der Waals surface area contributed by atoms with Crippen LogP contribution >= 0.6 is 8.53 Å². The molecule has 4 atom stereocenters. The minimum Gasteiger partial charge on any atom is -0.497 e. The Bertz CT molecular complexity index is 3340. The Morgan fingerprint density at radius 3 is 1.95 bits per heavy atom. The number of anilines is 1. The number of amides is 1. The van der Waals surface area contributed by atoms with Gasteiger partial charge in [0.05, 0.1) is 67.9 Å². The number of carbonyl (C=O) groups excluding carboxylic acids is 1. The van der Waals surface area contributed by atoms with Gasteiger partial charge in [-0.15, -0.1) is 0 Å². The van der Waals surface area contributed by atoms with Crippen molar-refractivity contribution in [2.75, 3.05) is 59.5 Å². The summed E-state index contributed by atoms with van der Waals surface area (Å²) in [6.07, 6.45) is 4.29. The van der Waals surface area contributed by atoms with Gasteiger partial charge in [-0.1, -0.05) is 67.4 Å². The second-order valence-electron chi connectivity index (χ2n) is 20.7. The Labute approximate surface area is 493 Å². The lowest BCUT2D eigenvalue weighted by atomic mass is 9.80. The molecule has 0 saturated carbocycles. The number of nitrogens with one attached hydrogen (secondary N) is 3. The van der Waals surface area contributed by atoms with Crippen molar-refractivity contribution in [2.24, 2.45) is 10.2 Å². The van der Waals surface area contributed by atoms with Crippen LogP contribution in [0, 0.1) is 11.3 Å². The fraction of sp³-hybridized carbons (Fsp3) is 0.387. The molecule has 6 aromatic rings. The summed E-state index contributed by atoms with van der Waals surface area (Å²) in [7, 11) is 1.58. The Kier molecular flexibility index (Phi) is 23.7. The van der Waals surface area contributed by atoms with Crippen LogP contribution in [0.1, 0.15) is 94.7 Å². The molecule has 20 nitrogen and oxygen atoms in total. The summed E-state index contributed by atoms with van der Waals surface area (Å²) in [6.45, 7) is 8.80. The highest BCUT2D eigenvalue weighted by Crippen LogP contribution is 2.51. The number of unbranched alkanes of at least 4 members (excludes halogenated alkanes) is 3. The largest absolute Gasteiger partial charge is 0.497 e. The Morgan fingerprint density at radius 1 is 0.821 bits per heavy atom. The first-order valence-corrected chi connectivity index (χ1v) is 30.6. The number of azo groups is 1. The highest BCUT2D eigenvalue weighted by atomic mass is 32.2. The molecule has 5 aromatic carbocycles. The number of methoxy groups -OCH3 is 2. The maximum absolute atomic E-state index is 13.8. The van der Waals surface area contributed by atoms with Crippen molar-refractivity contribution in [1.29, 1.82) is 5.26 Å². The summed E-state index contributed by atoms with van der Waals surface area (Å²) in [5, 5.41) is 20.8. The molecular weight excluding hydrogens is 1110 g/mol. The van der Waals surface area contributed by atoms with Gasteiger partial charge in [-0.2, -0.15) is 15.5 Å². The molecule has 0 aliphatic carbocycles. The highest BCUT2D eigenvalue weighted by Gasteiger charge is 2.45. The van der Waals surface area contributed by atoms with Crippen molar-refractivity contribution >= 4 is 47.6 Å². The predicted molar refractivity (Wildman–Crippen MR) is 325 cm³/mol. The van der Waals surface area contributed by atoms with Gasteiger partial charge in [0.15, 0.2) is 0 Å². The molecule has 84 heavy (non-hydrogen) atoms. The molecule has 0 radical (unpaired) electrons. The SMILES string of the molecule is COc1ccc(C(OC[C@H]2O[C@@H](n3cc(/C=C/C(=O)NCCCCCCNS(=O)(=O)c4ccc(N=Nc5ccc(N(C)C)cc5)cc4)c(=O)[nH]c3=O)C[C@@H]2OP(OCCC#N)N(C(C)C)C(C)C)(c2ccccc2)c2ccc(OC)cc2)cc1. The molecule has 22 heteroatoms. The van der Waals surface area contributed by atoms with E-state index in [0.717, 1.165) is 28.8 Å². The van der Waals surface area contributed by atoms with Gasteiger partial charge in [-0.05, 0) is 136 Å². The fourth-order valence-electron chi connectivity index (χ4n) is 9.61. The summed E-state index contributed by atoms with van der Waals surface area (Å²) in [6, 6.07) is 41.0. The second-order valence-corrected chi connectivity index (χ2v) is 23.8. The highest BCUT2D eigenvalue weighted by molar-refractivity contribution is 7.89. The number of hydrogen-bond donors (Lipinski definition) is 3. The third-order valence-electron chi connectivity index (χ3n) is 13.9. The van der Waals surface area contributed by atoms with E-state index in [0.29, 0.717) is 48.7 Å². The Hall–Kier alpha value is -7.38. The zero-order chi connectivity index (χ0) is 60.2. The molecule has 1 aliphatic heterocycles. The number of nitriles is 1. The summed E-state index contributed by atoms with van der Waals surface area (Å²) in [4.78, 5) is 44.7. The van der Waals surface area contributed by atoms with Gasteiger partial charge < -0.3 is 38.2 Å². The summed E-state index contributed by atoms with van der Waals surface area (Å²) >= 11 is 0. The van der Waals surface area contributed by atoms with Crippen LogP contribution in [0.2, 0.25) is 0 Å². The smallest absolute Gasteiger partial charge is 0.330 e. The van der Waals surface area contributed by atoms with Crippen molar-refractivity contribution in [3.63, 3.8) is 0 Å². The molecule has 1 saturated heterocycles. The van der Waals surface area contributed by atoms with Gasteiger partial charge in [0, 0.05) is 63.6 Å². The van der Waals surface area contributed by atoms with Crippen LogP contribution in [0.25, 0.3) is 6.08 Å². The molecular formula is C62H76N9O11PS. The molecule has 446 valence electrons. The molecule has 1 amide bonds. The van der Waals surface area contributed by atoms with Crippen LogP contribution < -0.4 is 35.7 Å². The predicted octanol–water partition coefficient (Wildman–Crippen LogP) is 10.7. The van der Waals surface area contributed by atoms with E-state index in [9.17, 15) is 28.1 Å². The Morgan fingerprint density at radius 2 is 1.39 bits per heavy atom. The molecule has 1 aliphatic rings. The fourth-order valence-corrected chi connectivity index (χ4v) is 12.4. The molecule has 1 fully saturated rings. The average molecular weight is 1190 g/mol. The van der Waals surface area contributed by atoms with Crippen LogP contribution in [0.15, 0.2) is 164 Å².